The SMILES string of the molecule is CC=CCCOC(=O)C1(c2ccc(OC)cc2)CC1. The highest BCUT2D eigenvalue weighted by molar-refractivity contribution is 5.86. The van der Waals surface area contributed by atoms with Crippen molar-refractivity contribution in [3.05, 3.63) is 42.0 Å². The van der Waals surface area contributed by atoms with Crippen LogP contribution in [0.2, 0.25) is 0 Å². The lowest BCUT2D eigenvalue weighted by Crippen LogP contribution is -2.23. The molecular weight excluding hydrogens is 240 g/mol. The Kier molecular flexibility index (Phi) is 4.25. The van der Waals surface area contributed by atoms with Crippen LogP contribution in [0.15, 0.2) is 36.4 Å². The van der Waals surface area contributed by atoms with Gasteiger partial charge in [-0.05, 0) is 43.9 Å². The average molecular weight is 260 g/mol. The Bertz CT molecular complexity index is 455. The minimum absolute atomic E-state index is 0.0952. The fourth-order valence-corrected chi connectivity index (χ4v) is 2.17. The third kappa shape index (κ3) is 2.98. The molecule has 0 heterocycles. The van der Waals surface area contributed by atoms with Crippen molar-refractivity contribution in [2.75, 3.05) is 13.7 Å². The Labute approximate surface area is 114 Å². The summed E-state index contributed by atoms with van der Waals surface area (Å²) in [6.07, 6.45) is 6.49. The highest BCUT2D eigenvalue weighted by Crippen LogP contribution is 2.49. The maximum atomic E-state index is 12.2. The van der Waals surface area contributed by atoms with Crippen molar-refractivity contribution >= 4 is 5.97 Å². The number of ether oxygens (including phenoxy) is 2. The number of hydrogen-bond donors (Lipinski definition) is 0. The van der Waals surface area contributed by atoms with Crippen LogP contribution in [0, 0.1) is 0 Å². The van der Waals surface area contributed by atoms with Crippen LogP contribution in [-0.4, -0.2) is 19.7 Å². The number of methoxy groups -OCH3 is 1. The van der Waals surface area contributed by atoms with Crippen LogP contribution in [0.4, 0.5) is 0 Å². The molecule has 0 amide bonds. The predicted molar refractivity (Wildman–Crippen MR) is 74.3 cm³/mol. The molecule has 1 aliphatic carbocycles. The molecule has 1 aromatic rings. The van der Waals surface area contributed by atoms with Crippen LogP contribution in [0.5, 0.6) is 5.75 Å². The van der Waals surface area contributed by atoms with Gasteiger partial charge in [0, 0.05) is 0 Å². The highest BCUT2D eigenvalue weighted by atomic mass is 16.5. The number of carbonyl (C=O) groups excluding carboxylic acids is 1. The molecule has 0 radical (unpaired) electrons. The van der Waals surface area contributed by atoms with E-state index in [1.54, 1.807) is 7.11 Å². The molecule has 1 aromatic carbocycles. The first-order valence-corrected chi connectivity index (χ1v) is 6.66. The summed E-state index contributed by atoms with van der Waals surface area (Å²) in [5.41, 5.74) is 0.631. The molecule has 3 heteroatoms. The summed E-state index contributed by atoms with van der Waals surface area (Å²) >= 11 is 0. The lowest BCUT2D eigenvalue weighted by atomic mass is 9.96. The molecule has 1 saturated carbocycles. The summed E-state index contributed by atoms with van der Waals surface area (Å²) in [4.78, 5) is 12.2. The topological polar surface area (TPSA) is 35.5 Å². The standard InChI is InChI=1S/C16H20O3/c1-3-4-5-12-19-15(17)16(10-11-16)13-6-8-14(18-2)9-7-13/h3-4,6-9H,5,10-12H2,1-2H3. The summed E-state index contributed by atoms with van der Waals surface area (Å²) in [5.74, 6) is 0.711. The average Bonchev–Trinajstić information content (AvgIpc) is 3.25. The van der Waals surface area contributed by atoms with Gasteiger partial charge in [0.05, 0.1) is 19.1 Å². The van der Waals surface area contributed by atoms with Crippen molar-refractivity contribution in [1.82, 2.24) is 0 Å². The first-order chi connectivity index (χ1) is 9.23. The minimum atomic E-state index is -0.401. The van der Waals surface area contributed by atoms with Gasteiger partial charge in [-0.1, -0.05) is 24.3 Å². The highest BCUT2D eigenvalue weighted by Gasteiger charge is 2.52. The normalized spacial score (nSPS) is 16.3. The lowest BCUT2D eigenvalue weighted by Gasteiger charge is -2.15. The van der Waals surface area contributed by atoms with Crippen molar-refractivity contribution in [2.24, 2.45) is 0 Å². The molecule has 102 valence electrons. The van der Waals surface area contributed by atoms with E-state index in [0.717, 1.165) is 30.6 Å². The second-order valence-electron chi connectivity index (χ2n) is 4.80. The fraction of sp³-hybridized carbons (Fsp3) is 0.438. The van der Waals surface area contributed by atoms with E-state index in [-0.39, 0.29) is 5.97 Å². The van der Waals surface area contributed by atoms with Gasteiger partial charge in [-0.15, -0.1) is 0 Å². The zero-order valence-corrected chi connectivity index (χ0v) is 11.5. The smallest absolute Gasteiger partial charge is 0.316 e. The van der Waals surface area contributed by atoms with Gasteiger partial charge >= 0.3 is 5.97 Å². The van der Waals surface area contributed by atoms with Gasteiger partial charge < -0.3 is 9.47 Å². The number of allylic oxidation sites excluding steroid dienone is 1. The molecule has 0 atom stereocenters. The Morgan fingerprint density at radius 3 is 2.53 bits per heavy atom. The Hall–Kier alpha value is -1.77. The van der Waals surface area contributed by atoms with E-state index in [0.29, 0.717) is 6.61 Å². The molecule has 3 nitrogen and oxygen atoms in total. The third-order valence-electron chi connectivity index (χ3n) is 3.54. The van der Waals surface area contributed by atoms with Crippen molar-refractivity contribution in [3.63, 3.8) is 0 Å². The first kappa shape index (κ1) is 13.7. The van der Waals surface area contributed by atoms with Gasteiger partial charge in [0.15, 0.2) is 0 Å². The van der Waals surface area contributed by atoms with Crippen LogP contribution >= 0.6 is 0 Å². The number of rotatable bonds is 6. The van der Waals surface area contributed by atoms with Gasteiger partial charge in [0.25, 0.3) is 0 Å². The van der Waals surface area contributed by atoms with Crippen LogP contribution in [-0.2, 0) is 14.9 Å². The first-order valence-electron chi connectivity index (χ1n) is 6.66. The molecule has 0 unspecified atom stereocenters. The number of carbonyl (C=O) groups is 1. The van der Waals surface area contributed by atoms with Crippen molar-refractivity contribution in [1.29, 1.82) is 0 Å². The molecule has 0 saturated heterocycles. The van der Waals surface area contributed by atoms with Gasteiger partial charge in [-0.3, -0.25) is 4.79 Å². The van der Waals surface area contributed by atoms with Gasteiger partial charge in [-0.25, -0.2) is 0 Å². The van der Waals surface area contributed by atoms with E-state index in [9.17, 15) is 4.79 Å². The minimum Gasteiger partial charge on any atom is -0.497 e. The summed E-state index contributed by atoms with van der Waals surface area (Å²) in [7, 11) is 1.64. The van der Waals surface area contributed by atoms with Crippen molar-refractivity contribution < 1.29 is 14.3 Å². The Balaban J connectivity index is 1.99. The molecule has 0 N–H and O–H groups in total. The van der Waals surface area contributed by atoms with Gasteiger partial charge in [0.1, 0.15) is 5.75 Å². The van der Waals surface area contributed by atoms with Crippen molar-refractivity contribution in [3.8, 4) is 5.75 Å². The van der Waals surface area contributed by atoms with E-state index < -0.39 is 5.41 Å². The van der Waals surface area contributed by atoms with Gasteiger partial charge in [-0.2, -0.15) is 0 Å². The van der Waals surface area contributed by atoms with Crippen LogP contribution in [0.1, 0.15) is 31.7 Å². The van der Waals surface area contributed by atoms with Crippen molar-refractivity contribution in [2.45, 2.75) is 31.6 Å². The monoisotopic (exact) mass is 260 g/mol. The molecule has 1 fully saturated rings. The molecule has 0 aliphatic heterocycles. The van der Waals surface area contributed by atoms with E-state index in [4.69, 9.17) is 9.47 Å². The van der Waals surface area contributed by atoms with Crippen LogP contribution < -0.4 is 4.74 Å². The summed E-state index contributed by atoms with van der Waals surface area (Å²) in [6.45, 7) is 2.42. The lowest BCUT2D eigenvalue weighted by molar-refractivity contribution is -0.146. The molecule has 0 bridgehead atoms. The van der Waals surface area contributed by atoms with E-state index in [2.05, 4.69) is 0 Å². The van der Waals surface area contributed by atoms with E-state index >= 15 is 0 Å². The van der Waals surface area contributed by atoms with E-state index in [1.165, 1.54) is 0 Å². The zero-order valence-electron chi connectivity index (χ0n) is 11.5. The van der Waals surface area contributed by atoms with Crippen LogP contribution in [0.25, 0.3) is 0 Å². The Morgan fingerprint density at radius 1 is 1.32 bits per heavy atom. The summed E-state index contributed by atoms with van der Waals surface area (Å²) in [6, 6.07) is 7.70. The molecule has 1 aliphatic rings. The largest absolute Gasteiger partial charge is 0.497 e. The number of hydrogen-bond acceptors (Lipinski definition) is 3. The summed E-state index contributed by atoms with van der Waals surface area (Å²) < 4.78 is 10.5. The molecular formula is C16H20O3. The van der Waals surface area contributed by atoms with Crippen LogP contribution in [0.3, 0.4) is 0 Å². The quantitative estimate of drug-likeness (QED) is 0.447. The molecule has 0 aromatic heterocycles. The third-order valence-corrected chi connectivity index (χ3v) is 3.54. The predicted octanol–water partition coefficient (Wildman–Crippen LogP) is 3.24. The van der Waals surface area contributed by atoms with E-state index in [1.807, 2.05) is 43.3 Å². The fourth-order valence-electron chi connectivity index (χ4n) is 2.17. The molecule has 19 heavy (non-hydrogen) atoms. The van der Waals surface area contributed by atoms with Gasteiger partial charge in [0.2, 0.25) is 0 Å². The maximum Gasteiger partial charge on any atom is 0.316 e. The Morgan fingerprint density at radius 2 is 2.00 bits per heavy atom. The number of benzene rings is 1. The second-order valence-corrected chi connectivity index (χ2v) is 4.80. The summed E-state index contributed by atoms with van der Waals surface area (Å²) in [5, 5.41) is 0. The molecule has 2 rings (SSSR count). The number of esters is 1. The molecule has 0 spiro atoms. The second kappa shape index (κ2) is 5.91. The maximum absolute atomic E-state index is 12.2. The zero-order chi connectivity index (χ0) is 13.7.